The van der Waals surface area contributed by atoms with Crippen LogP contribution >= 0.6 is 23.5 Å². The molecule has 1 aliphatic heterocycles. The van der Waals surface area contributed by atoms with Crippen LogP contribution in [0.25, 0.3) is 66.1 Å². The van der Waals surface area contributed by atoms with E-state index in [0.29, 0.717) is 0 Å². The number of benzene rings is 7. The molecule has 0 radical (unpaired) electrons. The van der Waals surface area contributed by atoms with Crippen molar-refractivity contribution in [2.45, 2.75) is 19.6 Å². The number of furan rings is 1. The van der Waals surface area contributed by atoms with Crippen molar-refractivity contribution in [1.82, 2.24) is 0 Å². The van der Waals surface area contributed by atoms with Gasteiger partial charge < -0.3 is 4.42 Å². The minimum atomic E-state index is 0.879. The van der Waals surface area contributed by atoms with Crippen LogP contribution in [0, 0.1) is 0 Å². The van der Waals surface area contributed by atoms with Gasteiger partial charge in [0.05, 0.1) is 0 Å². The van der Waals surface area contributed by atoms with Crippen molar-refractivity contribution in [2.24, 2.45) is 0 Å². The topological polar surface area (TPSA) is 13.1 Å². The maximum atomic E-state index is 6.53. The number of hydrogen-bond donors (Lipinski definition) is 0. The molecule has 9 rings (SSSR count). The molecule has 0 saturated carbocycles. The zero-order valence-electron chi connectivity index (χ0n) is 23.1. The summed E-state index contributed by atoms with van der Waals surface area (Å²) in [4.78, 5) is 5.20. The second-order valence-electron chi connectivity index (χ2n) is 10.9. The number of hydrogen-bond acceptors (Lipinski definition) is 3. The Morgan fingerprint density at radius 1 is 0.302 bits per heavy atom. The predicted octanol–water partition coefficient (Wildman–Crippen LogP) is 12.4. The normalized spacial score (nSPS) is 12.5. The van der Waals surface area contributed by atoms with Gasteiger partial charge in [0.1, 0.15) is 11.5 Å². The Morgan fingerprint density at radius 2 is 0.791 bits per heavy atom. The van der Waals surface area contributed by atoms with Crippen molar-refractivity contribution in [3.05, 3.63) is 146 Å². The fourth-order valence-electron chi connectivity index (χ4n) is 6.25. The Morgan fingerprint density at radius 3 is 1.53 bits per heavy atom. The van der Waals surface area contributed by atoms with Gasteiger partial charge in [-0.05, 0) is 92.0 Å². The molecule has 0 N–H and O–H groups in total. The van der Waals surface area contributed by atoms with Gasteiger partial charge in [-0.2, -0.15) is 0 Å². The lowest BCUT2D eigenvalue weighted by Crippen LogP contribution is -1.89. The SMILES string of the molecule is c1ccc(-c2ccc3c(c2)c2ccccc2c2ccc(-c4ccc(-c5ccc6c(c5)Sc5ccccc5S6)o4)cc23)cc1. The monoisotopic (exact) mass is 584 g/mol. The van der Waals surface area contributed by atoms with Crippen molar-refractivity contribution in [3.8, 4) is 33.8 Å². The summed E-state index contributed by atoms with van der Waals surface area (Å²) < 4.78 is 6.53. The van der Waals surface area contributed by atoms with E-state index in [1.54, 1.807) is 0 Å². The first-order valence-corrected chi connectivity index (χ1v) is 16.0. The lowest BCUT2D eigenvalue weighted by molar-refractivity contribution is 0.597. The molecule has 0 atom stereocenters. The third-order valence-electron chi connectivity index (χ3n) is 8.35. The van der Waals surface area contributed by atoms with Gasteiger partial charge in [-0.1, -0.05) is 121 Å². The molecule has 0 aliphatic carbocycles. The average Bonchev–Trinajstić information content (AvgIpc) is 3.58. The fraction of sp³-hybridized carbons (Fsp3) is 0. The third kappa shape index (κ3) is 4.19. The summed E-state index contributed by atoms with van der Waals surface area (Å²) in [5.74, 6) is 1.77. The molecule has 1 aliphatic rings. The Bertz CT molecular complexity index is 2350. The van der Waals surface area contributed by atoms with Gasteiger partial charge in [0.2, 0.25) is 0 Å². The molecule has 0 bridgehead atoms. The Labute approximate surface area is 258 Å². The minimum Gasteiger partial charge on any atom is -0.456 e. The Balaban J connectivity index is 1.14. The highest BCUT2D eigenvalue weighted by Crippen LogP contribution is 2.49. The molecule has 1 aromatic heterocycles. The van der Waals surface area contributed by atoms with Gasteiger partial charge in [-0.3, -0.25) is 0 Å². The summed E-state index contributed by atoms with van der Waals surface area (Å²) in [6, 6.07) is 52.4. The summed E-state index contributed by atoms with van der Waals surface area (Å²) in [6.45, 7) is 0. The standard InChI is InChI=1S/C40H24OS2/c1-2-8-25(9-3-1)26-14-17-32-33(22-26)30-11-5-4-10-29(30)31-18-15-27(23-34(31)32)35-19-20-36(41-35)28-16-21-39-40(24-28)43-38-13-7-6-12-37(38)42-39/h1-24H. The van der Waals surface area contributed by atoms with Crippen LogP contribution in [0.4, 0.5) is 0 Å². The lowest BCUT2D eigenvalue weighted by Gasteiger charge is -2.18. The maximum Gasteiger partial charge on any atom is 0.134 e. The first kappa shape index (κ1) is 24.9. The van der Waals surface area contributed by atoms with E-state index >= 15 is 0 Å². The van der Waals surface area contributed by atoms with Crippen LogP contribution in [0.2, 0.25) is 0 Å². The van der Waals surface area contributed by atoms with E-state index in [1.807, 2.05) is 23.5 Å². The third-order valence-corrected chi connectivity index (χ3v) is 10.9. The summed E-state index contributed by atoms with van der Waals surface area (Å²) in [5, 5.41) is 7.58. The zero-order chi connectivity index (χ0) is 28.3. The highest BCUT2D eigenvalue weighted by atomic mass is 32.2. The molecule has 0 amide bonds. The molecular formula is C40H24OS2. The van der Waals surface area contributed by atoms with Gasteiger partial charge in [0.25, 0.3) is 0 Å². The van der Waals surface area contributed by atoms with E-state index < -0.39 is 0 Å². The van der Waals surface area contributed by atoms with Crippen molar-refractivity contribution in [3.63, 3.8) is 0 Å². The van der Waals surface area contributed by atoms with Crippen LogP contribution in [0.5, 0.6) is 0 Å². The van der Waals surface area contributed by atoms with Crippen molar-refractivity contribution in [2.75, 3.05) is 0 Å². The molecule has 0 saturated heterocycles. The fourth-order valence-corrected chi connectivity index (χ4v) is 8.50. The maximum absolute atomic E-state index is 6.53. The molecule has 43 heavy (non-hydrogen) atoms. The number of rotatable bonds is 3. The summed E-state index contributed by atoms with van der Waals surface area (Å²) in [7, 11) is 0. The molecule has 202 valence electrons. The molecule has 0 unspecified atom stereocenters. The van der Waals surface area contributed by atoms with Crippen LogP contribution in [-0.2, 0) is 0 Å². The molecule has 2 heterocycles. The Hall–Kier alpha value is -4.70. The van der Waals surface area contributed by atoms with Crippen LogP contribution < -0.4 is 0 Å². The molecular weight excluding hydrogens is 561 g/mol. The largest absolute Gasteiger partial charge is 0.456 e. The van der Waals surface area contributed by atoms with Gasteiger partial charge in [-0.15, -0.1) is 0 Å². The first-order chi connectivity index (χ1) is 21.3. The van der Waals surface area contributed by atoms with E-state index in [2.05, 4.69) is 146 Å². The second-order valence-corrected chi connectivity index (χ2v) is 13.1. The smallest absolute Gasteiger partial charge is 0.134 e. The molecule has 3 heteroatoms. The zero-order valence-corrected chi connectivity index (χ0v) is 24.7. The molecule has 1 nitrogen and oxygen atoms in total. The van der Waals surface area contributed by atoms with E-state index in [0.717, 1.165) is 22.6 Å². The van der Waals surface area contributed by atoms with E-state index in [-0.39, 0.29) is 0 Å². The molecule has 8 aromatic rings. The molecule has 7 aromatic carbocycles. The molecule has 0 fully saturated rings. The van der Waals surface area contributed by atoms with Crippen LogP contribution in [0.1, 0.15) is 0 Å². The van der Waals surface area contributed by atoms with Crippen molar-refractivity contribution in [1.29, 1.82) is 0 Å². The van der Waals surface area contributed by atoms with E-state index in [9.17, 15) is 0 Å². The summed E-state index contributed by atoms with van der Waals surface area (Å²) in [6.07, 6.45) is 0. The molecule has 0 spiro atoms. The summed E-state index contributed by atoms with van der Waals surface area (Å²) in [5.41, 5.74) is 4.64. The number of fused-ring (bicyclic) bond motifs is 8. The van der Waals surface area contributed by atoms with Gasteiger partial charge in [0, 0.05) is 30.7 Å². The summed E-state index contributed by atoms with van der Waals surface area (Å²) >= 11 is 3.67. The van der Waals surface area contributed by atoms with Crippen LogP contribution in [0.3, 0.4) is 0 Å². The van der Waals surface area contributed by atoms with Crippen molar-refractivity contribution < 1.29 is 4.42 Å². The van der Waals surface area contributed by atoms with Gasteiger partial charge >= 0.3 is 0 Å². The Kier molecular flexibility index (Phi) is 5.75. The highest BCUT2D eigenvalue weighted by Gasteiger charge is 2.18. The highest BCUT2D eigenvalue weighted by molar-refractivity contribution is 8.05. The first-order valence-electron chi connectivity index (χ1n) is 14.4. The quantitative estimate of drug-likeness (QED) is 0.192. The van der Waals surface area contributed by atoms with Gasteiger partial charge in [-0.25, -0.2) is 0 Å². The predicted molar refractivity (Wildman–Crippen MR) is 182 cm³/mol. The van der Waals surface area contributed by atoms with Crippen LogP contribution in [0.15, 0.2) is 170 Å². The second kappa shape index (κ2) is 9.95. The van der Waals surface area contributed by atoms with E-state index in [4.69, 9.17) is 4.42 Å². The minimum absolute atomic E-state index is 0.879. The lowest BCUT2D eigenvalue weighted by atomic mass is 9.91. The van der Waals surface area contributed by atoms with Crippen LogP contribution in [-0.4, -0.2) is 0 Å². The van der Waals surface area contributed by atoms with Crippen molar-refractivity contribution >= 4 is 55.8 Å². The van der Waals surface area contributed by atoms with E-state index in [1.165, 1.54) is 63.0 Å². The average molecular weight is 585 g/mol. The van der Waals surface area contributed by atoms with Gasteiger partial charge in [0.15, 0.2) is 0 Å².